The van der Waals surface area contributed by atoms with E-state index in [0.717, 1.165) is 5.56 Å². The Hall–Kier alpha value is -4.38. The number of nitrogens with one attached hydrogen (secondary N) is 2. The van der Waals surface area contributed by atoms with Crippen molar-refractivity contribution in [2.24, 2.45) is 0 Å². The van der Waals surface area contributed by atoms with Gasteiger partial charge in [0.15, 0.2) is 6.33 Å². The summed E-state index contributed by atoms with van der Waals surface area (Å²) in [6.45, 7) is 3.40. The molecule has 4 aromatic rings. The lowest BCUT2D eigenvalue weighted by molar-refractivity contribution is 0.00834. The molecule has 0 saturated heterocycles. The molecule has 0 amide bonds. The van der Waals surface area contributed by atoms with Gasteiger partial charge in [0.1, 0.15) is 22.7 Å². The zero-order valence-corrected chi connectivity index (χ0v) is 18.4. The topological polar surface area (TPSA) is 148 Å². The Kier molecular flexibility index (Phi) is 5.38. The predicted molar refractivity (Wildman–Crippen MR) is 121 cm³/mol. The number of carbonyl (C=O) groups is 1. The van der Waals surface area contributed by atoms with E-state index >= 15 is 0 Å². The number of esters is 1. The summed E-state index contributed by atoms with van der Waals surface area (Å²) in [7, 11) is 0. The van der Waals surface area contributed by atoms with Crippen LogP contribution in [0.15, 0.2) is 59.6 Å². The van der Waals surface area contributed by atoms with Gasteiger partial charge in [0.25, 0.3) is 5.89 Å². The fourth-order valence-electron chi connectivity index (χ4n) is 3.71. The predicted octanol–water partition coefficient (Wildman–Crippen LogP) is 3.22. The number of anilines is 3. The van der Waals surface area contributed by atoms with Gasteiger partial charge in [-0.2, -0.15) is 4.98 Å². The summed E-state index contributed by atoms with van der Waals surface area (Å²) in [5.41, 5.74) is 2.06. The monoisotopic (exact) mass is 459 g/mol. The molecule has 0 spiro atoms. The number of aliphatic hydroxyl groups is 1. The number of cyclic esters (lactones) is 1. The van der Waals surface area contributed by atoms with Crippen molar-refractivity contribution >= 4 is 23.4 Å². The van der Waals surface area contributed by atoms with E-state index in [9.17, 15) is 9.90 Å². The van der Waals surface area contributed by atoms with Gasteiger partial charge in [0.05, 0.1) is 23.9 Å². The van der Waals surface area contributed by atoms with Crippen LogP contribution >= 0.6 is 0 Å². The summed E-state index contributed by atoms with van der Waals surface area (Å²) < 4.78 is 10.6. The fourth-order valence-corrected chi connectivity index (χ4v) is 3.71. The average molecular weight is 459 g/mol. The first-order chi connectivity index (χ1) is 16.4. The van der Waals surface area contributed by atoms with Crippen LogP contribution in [0.25, 0.3) is 11.5 Å². The fraction of sp³-hybridized carbons (Fsp3) is 0.217. The average Bonchev–Trinajstić information content (AvgIpc) is 3.44. The molecule has 4 heterocycles. The molecule has 11 nitrogen and oxygen atoms in total. The smallest absolute Gasteiger partial charge is 0.342 e. The highest BCUT2D eigenvalue weighted by molar-refractivity contribution is 5.93. The van der Waals surface area contributed by atoms with Gasteiger partial charge in [0, 0.05) is 18.5 Å². The summed E-state index contributed by atoms with van der Waals surface area (Å²) in [4.78, 5) is 29.2. The molecule has 0 unspecified atom stereocenters. The molecule has 34 heavy (non-hydrogen) atoms. The number of fused-ring (bicyclic) bond motifs is 1. The van der Waals surface area contributed by atoms with Crippen LogP contribution in [0.4, 0.5) is 17.5 Å². The number of nitrogens with zero attached hydrogens (tertiary/aromatic N) is 5. The van der Waals surface area contributed by atoms with Crippen LogP contribution in [0.5, 0.6) is 0 Å². The van der Waals surface area contributed by atoms with Crippen LogP contribution in [0, 0.1) is 0 Å². The maximum atomic E-state index is 12.0. The molecule has 1 aliphatic heterocycles. The van der Waals surface area contributed by atoms with E-state index in [1.54, 1.807) is 26.1 Å². The van der Waals surface area contributed by atoms with E-state index in [1.165, 1.54) is 12.5 Å². The van der Waals surface area contributed by atoms with Gasteiger partial charge in [-0.05, 0) is 19.4 Å². The highest BCUT2D eigenvalue weighted by Crippen LogP contribution is 2.35. The van der Waals surface area contributed by atoms with Crippen molar-refractivity contribution in [3.8, 4) is 11.5 Å². The minimum absolute atomic E-state index is 0.143. The van der Waals surface area contributed by atoms with Gasteiger partial charge in [-0.3, -0.25) is 0 Å². The third-order valence-electron chi connectivity index (χ3n) is 5.38. The Balaban J connectivity index is 1.48. The zero-order valence-electron chi connectivity index (χ0n) is 18.4. The number of benzene rings is 1. The Bertz CT molecular complexity index is 1330. The number of ether oxygens (including phenoxy) is 1. The van der Waals surface area contributed by atoms with Crippen molar-refractivity contribution < 1.29 is 19.2 Å². The normalized spacial score (nSPS) is 14.9. The molecule has 0 fully saturated rings. The van der Waals surface area contributed by atoms with E-state index in [0.29, 0.717) is 28.3 Å². The molecule has 11 heteroatoms. The standard InChI is InChI=1S/C23H21N7O4/c1-23(2)19-15(21(32)33-23)10-25-22(30-19)29-18-8-16(14(9-24-18)20-26-12-27-34-20)28-17(11-31)13-6-4-3-5-7-13/h3-10,12,17,31H,11H2,1-2H3,(H2,24,25,28,29,30)/t17-/m1/s1. The number of hydrogen-bond acceptors (Lipinski definition) is 11. The second-order valence-corrected chi connectivity index (χ2v) is 8.13. The largest absolute Gasteiger partial charge is 0.449 e. The molecule has 5 rings (SSSR count). The van der Waals surface area contributed by atoms with Gasteiger partial charge in [-0.1, -0.05) is 35.5 Å². The molecular weight excluding hydrogens is 438 g/mol. The Morgan fingerprint density at radius 2 is 1.88 bits per heavy atom. The van der Waals surface area contributed by atoms with Gasteiger partial charge >= 0.3 is 5.97 Å². The van der Waals surface area contributed by atoms with Crippen molar-refractivity contribution in [1.82, 2.24) is 25.1 Å². The van der Waals surface area contributed by atoms with Crippen LogP contribution in [-0.4, -0.2) is 42.8 Å². The molecule has 0 bridgehead atoms. The number of carbonyl (C=O) groups excluding carboxylic acids is 1. The lowest BCUT2D eigenvalue weighted by Gasteiger charge is -2.20. The minimum atomic E-state index is -0.849. The number of pyridine rings is 1. The molecule has 1 atom stereocenters. The second-order valence-electron chi connectivity index (χ2n) is 8.13. The van der Waals surface area contributed by atoms with Gasteiger partial charge < -0.3 is 25.0 Å². The van der Waals surface area contributed by atoms with Crippen LogP contribution in [0.3, 0.4) is 0 Å². The first-order valence-electron chi connectivity index (χ1n) is 10.5. The summed E-state index contributed by atoms with van der Waals surface area (Å²) in [5.74, 6) is 0.517. The molecule has 1 aliphatic rings. The second kappa shape index (κ2) is 8.52. The van der Waals surface area contributed by atoms with Gasteiger partial charge in [0.2, 0.25) is 5.95 Å². The molecule has 1 aromatic carbocycles. The number of rotatable bonds is 7. The van der Waals surface area contributed by atoms with E-state index in [4.69, 9.17) is 9.26 Å². The number of hydrogen-bond donors (Lipinski definition) is 3. The van der Waals surface area contributed by atoms with Gasteiger partial charge in [-0.15, -0.1) is 0 Å². The molecule has 0 saturated carbocycles. The quantitative estimate of drug-likeness (QED) is 0.350. The first-order valence-corrected chi connectivity index (χ1v) is 10.5. The van der Waals surface area contributed by atoms with Gasteiger partial charge in [-0.25, -0.2) is 19.7 Å². The van der Waals surface area contributed by atoms with Crippen molar-refractivity contribution in [2.45, 2.75) is 25.5 Å². The van der Waals surface area contributed by atoms with E-state index in [2.05, 4.69) is 35.7 Å². The van der Waals surface area contributed by atoms with Crippen molar-refractivity contribution in [1.29, 1.82) is 0 Å². The summed E-state index contributed by atoms with van der Waals surface area (Å²) in [5, 5.41) is 20.1. The van der Waals surface area contributed by atoms with Crippen molar-refractivity contribution in [3.63, 3.8) is 0 Å². The maximum Gasteiger partial charge on any atom is 0.342 e. The lowest BCUT2D eigenvalue weighted by Crippen LogP contribution is -2.18. The Morgan fingerprint density at radius 3 is 2.62 bits per heavy atom. The summed E-state index contributed by atoms with van der Waals surface area (Å²) in [6, 6.07) is 10.9. The third kappa shape index (κ3) is 4.04. The highest BCUT2D eigenvalue weighted by Gasteiger charge is 2.40. The number of aliphatic hydroxyl groups excluding tert-OH is 1. The molecule has 3 aromatic heterocycles. The molecule has 172 valence electrons. The SMILES string of the molecule is CC1(C)OC(=O)c2cnc(Nc3cc(N[C@H](CO)c4ccccc4)c(-c4ncno4)cn3)nc21. The van der Waals surface area contributed by atoms with E-state index in [1.807, 2.05) is 30.3 Å². The number of aromatic nitrogens is 5. The lowest BCUT2D eigenvalue weighted by atomic mass is 10.0. The van der Waals surface area contributed by atoms with Crippen LogP contribution < -0.4 is 10.6 Å². The summed E-state index contributed by atoms with van der Waals surface area (Å²) >= 11 is 0. The first kappa shape index (κ1) is 21.5. The third-order valence-corrected chi connectivity index (χ3v) is 5.38. The molecule has 0 aliphatic carbocycles. The zero-order chi connectivity index (χ0) is 23.7. The Labute approximate surface area is 194 Å². The molecule has 3 N–H and O–H groups in total. The van der Waals surface area contributed by atoms with Crippen LogP contribution in [0.2, 0.25) is 0 Å². The van der Waals surface area contributed by atoms with Crippen LogP contribution in [0.1, 0.15) is 41.5 Å². The minimum Gasteiger partial charge on any atom is -0.449 e. The summed E-state index contributed by atoms with van der Waals surface area (Å²) in [6.07, 6.45) is 4.31. The Morgan fingerprint density at radius 1 is 1.09 bits per heavy atom. The van der Waals surface area contributed by atoms with Crippen molar-refractivity contribution in [2.75, 3.05) is 17.2 Å². The maximum absolute atomic E-state index is 12.0. The van der Waals surface area contributed by atoms with Crippen LogP contribution in [-0.2, 0) is 10.3 Å². The molecule has 0 radical (unpaired) electrons. The van der Waals surface area contributed by atoms with Crippen molar-refractivity contribution in [3.05, 3.63) is 71.9 Å². The van der Waals surface area contributed by atoms with E-state index < -0.39 is 17.6 Å². The molecular formula is C23H21N7O4. The highest BCUT2D eigenvalue weighted by atomic mass is 16.6. The van der Waals surface area contributed by atoms with E-state index in [-0.39, 0.29) is 18.4 Å².